The van der Waals surface area contributed by atoms with Crippen LogP contribution in [-0.4, -0.2) is 96.7 Å². The quantitative estimate of drug-likeness (QED) is 0.0713. The molecule has 3 aliphatic rings. The number of benzene rings is 4. The molecule has 0 N–H and O–H groups in total. The van der Waals surface area contributed by atoms with Crippen LogP contribution in [-0.2, 0) is 71.6 Å². The number of hydrogen-bond acceptors (Lipinski definition) is 11. The van der Waals surface area contributed by atoms with Crippen LogP contribution in [0.25, 0.3) is 0 Å². The number of fused-ring (bicyclic) bond motifs is 1. The Balaban J connectivity index is 1.26. The Morgan fingerprint density at radius 1 is 0.645 bits per heavy atom. The van der Waals surface area contributed by atoms with Crippen molar-refractivity contribution >= 4 is 8.32 Å². The number of rotatable bonds is 18. The summed E-state index contributed by atoms with van der Waals surface area (Å²) in [7, 11) is -0.897. The zero-order valence-electron chi connectivity index (χ0n) is 36.7. The van der Waals surface area contributed by atoms with Gasteiger partial charge in [-0.25, -0.2) is 0 Å². The van der Waals surface area contributed by atoms with Gasteiger partial charge in [0.05, 0.1) is 33.0 Å². The number of ether oxygens (including phenoxy) is 10. The molecule has 62 heavy (non-hydrogen) atoms. The second-order valence-corrected chi connectivity index (χ2v) is 22.2. The van der Waals surface area contributed by atoms with Crippen LogP contribution in [0.4, 0.5) is 0 Å². The van der Waals surface area contributed by atoms with E-state index >= 15 is 0 Å². The second kappa shape index (κ2) is 21.7. The van der Waals surface area contributed by atoms with Gasteiger partial charge in [0.15, 0.2) is 27.2 Å². The molecule has 12 heteroatoms. The van der Waals surface area contributed by atoms with Crippen molar-refractivity contribution in [1.82, 2.24) is 0 Å². The van der Waals surface area contributed by atoms with E-state index in [-0.39, 0.29) is 38.1 Å². The molecule has 332 valence electrons. The molecule has 0 unspecified atom stereocenters. The lowest BCUT2D eigenvalue weighted by Crippen LogP contribution is -2.68. The summed E-state index contributed by atoms with van der Waals surface area (Å²) in [5.74, 6) is 2.66. The van der Waals surface area contributed by atoms with Crippen LogP contribution < -0.4 is 0 Å². The van der Waals surface area contributed by atoms with Gasteiger partial charge in [0, 0.05) is 12.7 Å². The van der Waals surface area contributed by atoms with E-state index in [1.54, 1.807) is 7.11 Å². The fraction of sp³-hybridized carbons (Fsp3) is 0.480. The van der Waals surface area contributed by atoms with Crippen LogP contribution in [0, 0.1) is 12.3 Å². The fourth-order valence-electron chi connectivity index (χ4n) is 7.70. The summed E-state index contributed by atoms with van der Waals surface area (Å²) in [6, 6.07) is 39.8. The minimum Gasteiger partial charge on any atom is -0.408 e. The van der Waals surface area contributed by atoms with Gasteiger partial charge in [0.2, 0.25) is 0 Å². The smallest absolute Gasteiger partial charge is 0.192 e. The lowest BCUT2D eigenvalue weighted by molar-refractivity contribution is -0.390. The molecule has 3 saturated heterocycles. The number of hydrogen-bond donors (Lipinski definition) is 0. The predicted octanol–water partition coefficient (Wildman–Crippen LogP) is 8.38. The van der Waals surface area contributed by atoms with Gasteiger partial charge in [-0.15, -0.1) is 6.42 Å². The minimum absolute atomic E-state index is 0.0193. The summed E-state index contributed by atoms with van der Waals surface area (Å²) in [6.07, 6.45) is -2.31. The first kappa shape index (κ1) is 46.2. The molecule has 0 aromatic heterocycles. The molecule has 0 radical (unpaired) electrons. The third-order valence-corrected chi connectivity index (χ3v) is 16.5. The fourth-order valence-corrected chi connectivity index (χ4v) is 9.00. The van der Waals surface area contributed by atoms with E-state index in [1.165, 1.54) is 0 Å². The van der Waals surface area contributed by atoms with Gasteiger partial charge in [-0.3, -0.25) is 0 Å². The van der Waals surface area contributed by atoms with Crippen LogP contribution in [0.3, 0.4) is 0 Å². The van der Waals surface area contributed by atoms with Crippen LogP contribution >= 0.6 is 0 Å². The highest BCUT2D eigenvalue weighted by atomic mass is 28.4. The first-order valence-electron chi connectivity index (χ1n) is 21.5. The molecule has 3 aliphatic heterocycles. The van der Waals surface area contributed by atoms with Crippen LogP contribution in [0.15, 0.2) is 121 Å². The van der Waals surface area contributed by atoms with Crippen molar-refractivity contribution in [2.75, 3.05) is 26.9 Å². The Morgan fingerprint density at radius 2 is 1.19 bits per heavy atom. The summed E-state index contributed by atoms with van der Waals surface area (Å²) in [4.78, 5) is 0. The van der Waals surface area contributed by atoms with Crippen LogP contribution in [0.5, 0.6) is 0 Å². The summed E-state index contributed by atoms with van der Waals surface area (Å²) < 4.78 is 74.1. The maximum Gasteiger partial charge on any atom is 0.192 e. The zero-order chi connectivity index (χ0) is 43.5. The minimum atomic E-state index is -2.50. The molecule has 0 amide bonds. The van der Waals surface area contributed by atoms with Gasteiger partial charge in [-0.2, -0.15) is 0 Å². The predicted molar refractivity (Wildman–Crippen MR) is 236 cm³/mol. The Bertz CT molecular complexity index is 1960. The van der Waals surface area contributed by atoms with E-state index in [4.69, 9.17) is 58.2 Å². The summed E-state index contributed by atoms with van der Waals surface area (Å²) in [5, 5.41) is -0.148. The third-order valence-electron chi connectivity index (χ3n) is 12.0. The van der Waals surface area contributed by atoms with Crippen molar-refractivity contribution in [3.05, 3.63) is 144 Å². The monoisotopic (exact) mass is 866 g/mol. The maximum absolute atomic E-state index is 7.31. The van der Waals surface area contributed by atoms with E-state index in [2.05, 4.69) is 39.8 Å². The van der Waals surface area contributed by atoms with Crippen molar-refractivity contribution in [2.45, 2.75) is 126 Å². The molecule has 4 aromatic carbocycles. The summed E-state index contributed by atoms with van der Waals surface area (Å²) >= 11 is 0. The summed E-state index contributed by atoms with van der Waals surface area (Å²) in [6.45, 7) is 12.3. The number of methoxy groups -OCH3 is 1. The molecule has 7 rings (SSSR count). The lowest BCUT2D eigenvalue weighted by Gasteiger charge is -2.53. The first-order chi connectivity index (χ1) is 30.0. The molecule has 4 aromatic rings. The normalized spacial score (nSPS) is 29.1. The molecule has 0 saturated carbocycles. The largest absolute Gasteiger partial charge is 0.408 e. The molecule has 0 bridgehead atoms. The van der Waals surface area contributed by atoms with Gasteiger partial charge in [0.25, 0.3) is 0 Å². The number of terminal acetylenes is 1. The summed E-state index contributed by atoms with van der Waals surface area (Å²) in [5.41, 5.74) is 3.87. The van der Waals surface area contributed by atoms with Crippen molar-refractivity contribution in [3.63, 3.8) is 0 Å². The molecular formula is C50H62O11Si. The van der Waals surface area contributed by atoms with Crippen molar-refractivity contribution in [2.24, 2.45) is 0 Å². The van der Waals surface area contributed by atoms with Gasteiger partial charge in [-0.1, -0.05) is 148 Å². The van der Waals surface area contributed by atoms with Gasteiger partial charge >= 0.3 is 0 Å². The van der Waals surface area contributed by atoms with Gasteiger partial charge in [0.1, 0.15) is 55.4 Å². The van der Waals surface area contributed by atoms with Gasteiger partial charge < -0.3 is 51.8 Å². The highest BCUT2D eigenvalue weighted by Crippen LogP contribution is 2.44. The standard InChI is InChI=1S/C50H62O11Si/c1-8-29-53-46-44(61-62(6,7)50(2,3)4)42-40(34-56-47(59-42)38-27-19-12-20-28-38)58-49(46)60-41-39(33-52-30-35-21-13-9-14-22-35)57-48(51-5)45(55-32-37-25-17-11-18-26-37)43(41)54-31-36-23-15-10-16-24-36/h1,9-28,39-49H,29-34H2,2-7H3/t39-,40-,41-,42-,43+,44+,45-,46+,47-,48+,49+/m1/s1. The maximum atomic E-state index is 7.31. The van der Waals surface area contributed by atoms with E-state index in [9.17, 15) is 0 Å². The van der Waals surface area contributed by atoms with Crippen molar-refractivity contribution in [3.8, 4) is 12.3 Å². The molecule has 11 nitrogen and oxygen atoms in total. The molecule has 0 aliphatic carbocycles. The van der Waals surface area contributed by atoms with E-state index < -0.39 is 76.0 Å². The molecule has 3 fully saturated rings. The average molecular weight is 867 g/mol. The Morgan fingerprint density at radius 3 is 1.76 bits per heavy atom. The Labute approximate surface area is 368 Å². The SMILES string of the molecule is C#CCO[C@@H]1[C@H](O[C@H]2[C@H](OCc3ccccc3)[C@@H](OCc3ccccc3)[C@@H](OC)O[C@@H]2COCc2ccccc2)O[C@@H]2CO[C@@H](c3ccccc3)O[C@H]2[C@@H]1O[Si](C)(C)C(C)(C)C. The molecule has 3 heterocycles. The van der Waals surface area contributed by atoms with E-state index in [0.29, 0.717) is 6.61 Å². The zero-order valence-corrected chi connectivity index (χ0v) is 37.7. The first-order valence-corrected chi connectivity index (χ1v) is 24.4. The molecule has 0 spiro atoms. The van der Waals surface area contributed by atoms with Crippen LogP contribution in [0.2, 0.25) is 18.1 Å². The van der Waals surface area contributed by atoms with E-state index in [0.717, 1.165) is 22.3 Å². The second-order valence-electron chi connectivity index (χ2n) is 17.4. The molecule has 11 atom stereocenters. The Hall–Kier alpha value is -3.78. The average Bonchev–Trinajstić information content (AvgIpc) is 3.28. The molecular weight excluding hydrogens is 805 g/mol. The van der Waals surface area contributed by atoms with E-state index in [1.807, 2.05) is 121 Å². The van der Waals surface area contributed by atoms with Crippen LogP contribution in [0.1, 0.15) is 49.3 Å². The topological polar surface area (TPSA) is 102 Å². The highest BCUT2D eigenvalue weighted by Gasteiger charge is 2.57. The highest BCUT2D eigenvalue weighted by molar-refractivity contribution is 6.74. The van der Waals surface area contributed by atoms with Gasteiger partial charge in [-0.05, 0) is 34.8 Å². The lowest BCUT2D eigenvalue weighted by atomic mass is 9.95. The third kappa shape index (κ3) is 11.7. The van der Waals surface area contributed by atoms with Crippen molar-refractivity contribution in [1.29, 1.82) is 0 Å². The Kier molecular flexibility index (Phi) is 16.2. The van der Waals surface area contributed by atoms with Crippen molar-refractivity contribution < 1.29 is 51.8 Å².